The Morgan fingerprint density at radius 1 is 1.40 bits per heavy atom. The molecular weight excluding hydrogens is 190 g/mol. The van der Waals surface area contributed by atoms with Crippen molar-refractivity contribution in [1.82, 2.24) is 5.32 Å². The van der Waals surface area contributed by atoms with Crippen LogP contribution in [-0.2, 0) is 9.47 Å². The van der Waals surface area contributed by atoms with Crippen molar-refractivity contribution >= 4 is 0 Å². The molecule has 2 heterocycles. The van der Waals surface area contributed by atoms with E-state index in [9.17, 15) is 0 Å². The number of piperidine rings is 1. The first-order valence-electron chi connectivity index (χ1n) is 6.18. The van der Waals surface area contributed by atoms with Gasteiger partial charge >= 0.3 is 0 Å². The highest BCUT2D eigenvalue weighted by atomic mass is 16.5. The fourth-order valence-corrected chi connectivity index (χ4v) is 2.89. The smallest absolute Gasteiger partial charge is 0.0709 e. The summed E-state index contributed by atoms with van der Waals surface area (Å²) in [5.41, 5.74) is 0.210. The van der Waals surface area contributed by atoms with E-state index in [-0.39, 0.29) is 5.60 Å². The quantitative estimate of drug-likeness (QED) is 0.772. The molecule has 2 saturated heterocycles. The average molecular weight is 213 g/mol. The Balaban J connectivity index is 1.85. The second-order valence-corrected chi connectivity index (χ2v) is 4.92. The highest BCUT2D eigenvalue weighted by molar-refractivity contribution is 4.90. The van der Waals surface area contributed by atoms with Crippen LogP contribution in [0.3, 0.4) is 0 Å². The summed E-state index contributed by atoms with van der Waals surface area (Å²) in [5.74, 6) is 0.816. The largest absolute Gasteiger partial charge is 0.385 e. The zero-order valence-electron chi connectivity index (χ0n) is 9.76. The van der Waals surface area contributed by atoms with Crippen LogP contribution in [0.5, 0.6) is 0 Å². The van der Waals surface area contributed by atoms with E-state index in [2.05, 4.69) is 5.32 Å². The molecule has 2 fully saturated rings. The summed E-state index contributed by atoms with van der Waals surface area (Å²) >= 11 is 0. The minimum Gasteiger partial charge on any atom is -0.385 e. The van der Waals surface area contributed by atoms with Gasteiger partial charge in [0.15, 0.2) is 0 Å². The van der Waals surface area contributed by atoms with E-state index in [1.165, 1.54) is 32.1 Å². The third-order valence-electron chi connectivity index (χ3n) is 3.84. The van der Waals surface area contributed by atoms with Crippen LogP contribution in [0.4, 0.5) is 0 Å². The standard InChI is InChI=1S/C12H23NO2/c1-14-8-2-11-3-9-15-12(10-11)4-6-13-7-5-12/h11,13H,2-10H2,1H3/t11-/m1/s1. The molecule has 0 aromatic rings. The summed E-state index contributed by atoms with van der Waals surface area (Å²) in [6.45, 7) is 4.10. The van der Waals surface area contributed by atoms with Gasteiger partial charge in [0.05, 0.1) is 5.60 Å². The molecule has 0 unspecified atom stereocenters. The lowest BCUT2D eigenvalue weighted by atomic mass is 9.79. The molecule has 1 N–H and O–H groups in total. The molecule has 3 nitrogen and oxygen atoms in total. The number of methoxy groups -OCH3 is 1. The van der Waals surface area contributed by atoms with Crippen molar-refractivity contribution in [2.24, 2.45) is 5.92 Å². The lowest BCUT2D eigenvalue weighted by Crippen LogP contribution is -2.48. The van der Waals surface area contributed by atoms with Gasteiger partial charge in [-0.15, -0.1) is 0 Å². The molecule has 0 radical (unpaired) electrons. The summed E-state index contributed by atoms with van der Waals surface area (Å²) in [5, 5.41) is 3.41. The van der Waals surface area contributed by atoms with Crippen LogP contribution in [0.2, 0.25) is 0 Å². The maximum absolute atomic E-state index is 6.04. The predicted octanol–water partition coefficient (Wildman–Crippen LogP) is 1.57. The Kier molecular flexibility index (Phi) is 4.00. The highest BCUT2D eigenvalue weighted by Crippen LogP contribution is 2.37. The molecule has 1 spiro atoms. The highest BCUT2D eigenvalue weighted by Gasteiger charge is 2.38. The van der Waals surface area contributed by atoms with Gasteiger partial charge < -0.3 is 14.8 Å². The Hall–Kier alpha value is -0.120. The van der Waals surface area contributed by atoms with E-state index >= 15 is 0 Å². The van der Waals surface area contributed by atoms with Crippen LogP contribution in [0.15, 0.2) is 0 Å². The lowest BCUT2D eigenvalue weighted by Gasteiger charge is -2.43. The average Bonchev–Trinajstić information content (AvgIpc) is 2.28. The summed E-state index contributed by atoms with van der Waals surface area (Å²) in [4.78, 5) is 0. The van der Waals surface area contributed by atoms with Gasteiger partial charge in [-0.3, -0.25) is 0 Å². The van der Waals surface area contributed by atoms with Crippen molar-refractivity contribution in [1.29, 1.82) is 0 Å². The third kappa shape index (κ3) is 2.92. The maximum atomic E-state index is 6.04. The van der Waals surface area contributed by atoms with Crippen molar-refractivity contribution in [3.05, 3.63) is 0 Å². The minimum absolute atomic E-state index is 0.210. The van der Waals surface area contributed by atoms with Crippen LogP contribution in [-0.4, -0.2) is 39.0 Å². The lowest BCUT2D eigenvalue weighted by molar-refractivity contribution is -0.116. The Morgan fingerprint density at radius 2 is 2.20 bits per heavy atom. The monoisotopic (exact) mass is 213 g/mol. The number of hydrogen-bond donors (Lipinski definition) is 1. The van der Waals surface area contributed by atoms with Gasteiger partial charge in [0, 0.05) is 20.3 Å². The molecule has 2 rings (SSSR count). The van der Waals surface area contributed by atoms with Gasteiger partial charge in [0.1, 0.15) is 0 Å². The zero-order chi connectivity index (χ0) is 10.6. The summed E-state index contributed by atoms with van der Waals surface area (Å²) < 4.78 is 11.2. The van der Waals surface area contributed by atoms with Crippen LogP contribution in [0.25, 0.3) is 0 Å². The molecule has 0 bridgehead atoms. The van der Waals surface area contributed by atoms with E-state index in [1.54, 1.807) is 7.11 Å². The molecule has 2 aliphatic rings. The first kappa shape index (κ1) is 11.4. The molecule has 0 amide bonds. The SMILES string of the molecule is COCC[C@@H]1CCOC2(CCNCC2)C1. The van der Waals surface area contributed by atoms with Crippen molar-refractivity contribution in [3.8, 4) is 0 Å². The van der Waals surface area contributed by atoms with E-state index in [0.29, 0.717) is 0 Å². The first-order chi connectivity index (χ1) is 7.35. The zero-order valence-corrected chi connectivity index (χ0v) is 9.76. The molecule has 1 atom stereocenters. The molecule has 3 heteroatoms. The number of ether oxygens (including phenoxy) is 2. The molecule has 0 saturated carbocycles. The van der Waals surface area contributed by atoms with Crippen LogP contribution in [0, 0.1) is 5.92 Å². The number of hydrogen-bond acceptors (Lipinski definition) is 3. The maximum Gasteiger partial charge on any atom is 0.0709 e. The Labute approximate surface area is 92.5 Å². The molecule has 88 valence electrons. The Morgan fingerprint density at radius 3 is 2.93 bits per heavy atom. The van der Waals surface area contributed by atoms with E-state index in [1.807, 2.05) is 0 Å². The number of nitrogens with one attached hydrogen (secondary N) is 1. The summed E-state index contributed by atoms with van der Waals surface area (Å²) in [7, 11) is 1.79. The third-order valence-corrected chi connectivity index (χ3v) is 3.84. The fourth-order valence-electron chi connectivity index (χ4n) is 2.89. The predicted molar refractivity (Wildman–Crippen MR) is 60.0 cm³/mol. The number of rotatable bonds is 3. The molecule has 15 heavy (non-hydrogen) atoms. The van der Waals surface area contributed by atoms with Crippen LogP contribution < -0.4 is 5.32 Å². The van der Waals surface area contributed by atoms with E-state index < -0.39 is 0 Å². The molecule has 2 aliphatic heterocycles. The normalized spacial score (nSPS) is 30.6. The molecule has 0 aromatic heterocycles. The van der Waals surface area contributed by atoms with Crippen molar-refractivity contribution < 1.29 is 9.47 Å². The summed E-state index contributed by atoms with van der Waals surface area (Å²) in [6, 6.07) is 0. The van der Waals surface area contributed by atoms with E-state index in [4.69, 9.17) is 9.47 Å². The van der Waals surface area contributed by atoms with Crippen molar-refractivity contribution in [2.45, 2.75) is 37.7 Å². The summed E-state index contributed by atoms with van der Waals surface area (Å²) in [6.07, 6.45) is 6.05. The topological polar surface area (TPSA) is 30.5 Å². The molecule has 0 aliphatic carbocycles. The molecule has 0 aromatic carbocycles. The van der Waals surface area contributed by atoms with E-state index in [0.717, 1.165) is 32.2 Å². The first-order valence-corrected chi connectivity index (χ1v) is 6.18. The van der Waals surface area contributed by atoms with Crippen molar-refractivity contribution in [2.75, 3.05) is 33.4 Å². The van der Waals surface area contributed by atoms with Gasteiger partial charge in [-0.2, -0.15) is 0 Å². The van der Waals surface area contributed by atoms with Gasteiger partial charge in [-0.25, -0.2) is 0 Å². The molecular formula is C12H23NO2. The minimum atomic E-state index is 0.210. The van der Waals surface area contributed by atoms with Crippen LogP contribution in [0.1, 0.15) is 32.1 Å². The Bertz CT molecular complexity index is 185. The van der Waals surface area contributed by atoms with Crippen molar-refractivity contribution in [3.63, 3.8) is 0 Å². The van der Waals surface area contributed by atoms with Gasteiger partial charge in [0.25, 0.3) is 0 Å². The van der Waals surface area contributed by atoms with Gasteiger partial charge in [0.2, 0.25) is 0 Å². The van der Waals surface area contributed by atoms with Crippen LogP contribution >= 0.6 is 0 Å². The fraction of sp³-hybridized carbons (Fsp3) is 1.00. The van der Waals surface area contributed by atoms with Gasteiger partial charge in [-0.05, 0) is 51.1 Å². The van der Waals surface area contributed by atoms with Gasteiger partial charge in [-0.1, -0.05) is 0 Å². The second-order valence-electron chi connectivity index (χ2n) is 4.92. The second kappa shape index (κ2) is 5.28.